The molecule has 0 unspecified atom stereocenters. The van der Waals surface area contributed by atoms with Crippen LogP contribution in [0.3, 0.4) is 0 Å². The number of fused-ring (bicyclic) bond motifs is 1. The van der Waals surface area contributed by atoms with Crippen molar-refractivity contribution in [3.8, 4) is 11.5 Å². The summed E-state index contributed by atoms with van der Waals surface area (Å²) in [5.41, 5.74) is 1.48. The molecule has 0 bridgehead atoms. The van der Waals surface area contributed by atoms with E-state index in [4.69, 9.17) is 21.7 Å². The third-order valence-corrected chi connectivity index (χ3v) is 3.22. The number of hydrogen-bond donors (Lipinski definition) is 2. The topological polar surface area (TPSA) is 72.5 Å². The maximum atomic E-state index is 12.2. The predicted molar refractivity (Wildman–Crippen MR) is 85.2 cm³/mol. The molecule has 1 aromatic carbocycles. The Labute approximate surface area is 132 Å². The number of nitrogens with one attached hydrogen (secondary N) is 2. The number of aromatic nitrogens is 1. The fraction of sp³-hybridized carbons (Fsp3) is 0.133. The van der Waals surface area contributed by atoms with E-state index in [2.05, 4.69) is 15.6 Å². The van der Waals surface area contributed by atoms with Gasteiger partial charge in [0.1, 0.15) is 5.82 Å². The number of carbonyl (C=O) groups is 1. The third-order valence-electron chi connectivity index (χ3n) is 3.02. The quantitative estimate of drug-likeness (QED) is 0.828. The zero-order chi connectivity index (χ0) is 15.5. The summed E-state index contributed by atoms with van der Waals surface area (Å²) in [4.78, 5) is 16.3. The van der Waals surface area contributed by atoms with Crippen molar-refractivity contribution in [1.82, 2.24) is 10.3 Å². The predicted octanol–water partition coefficient (Wildman–Crippen LogP) is 2.25. The van der Waals surface area contributed by atoms with Crippen molar-refractivity contribution >= 4 is 29.1 Å². The van der Waals surface area contributed by atoms with Crippen LogP contribution in [0.25, 0.3) is 0 Å². The molecule has 1 aromatic heterocycles. The summed E-state index contributed by atoms with van der Waals surface area (Å²) in [6.45, 7) is 2.11. The van der Waals surface area contributed by atoms with Crippen LogP contribution in [-0.2, 0) is 0 Å². The smallest absolute Gasteiger partial charge is 0.257 e. The summed E-state index contributed by atoms with van der Waals surface area (Å²) in [7, 11) is 0. The minimum atomic E-state index is -0.330. The average molecular weight is 315 g/mol. The number of aryl methyl sites for hydroxylation is 1. The maximum absolute atomic E-state index is 12.2. The minimum Gasteiger partial charge on any atom is -0.454 e. The molecule has 0 aliphatic carbocycles. The van der Waals surface area contributed by atoms with Crippen LogP contribution in [0.15, 0.2) is 36.5 Å². The Morgan fingerprint density at radius 3 is 2.86 bits per heavy atom. The lowest BCUT2D eigenvalue weighted by Crippen LogP contribution is -2.34. The molecule has 0 fully saturated rings. The van der Waals surface area contributed by atoms with E-state index in [9.17, 15) is 4.79 Å². The Hall–Kier alpha value is -2.67. The standard InChI is InChI=1S/C15H13N3O3S/c1-9-4-5-16-13(6-9)17-15(22)18-14(19)10-2-3-11-12(7-10)21-8-20-11/h2-7H,8H2,1H3,(H2,16,17,18,19,22). The van der Waals surface area contributed by atoms with Crippen LogP contribution in [0, 0.1) is 6.92 Å². The molecule has 2 aromatic rings. The van der Waals surface area contributed by atoms with E-state index < -0.39 is 0 Å². The zero-order valence-corrected chi connectivity index (χ0v) is 12.6. The van der Waals surface area contributed by atoms with Crippen LogP contribution in [-0.4, -0.2) is 22.8 Å². The summed E-state index contributed by atoms with van der Waals surface area (Å²) in [6, 6.07) is 8.66. The van der Waals surface area contributed by atoms with Gasteiger partial charge in [0.25, 0.3) is 5.91 Å². The SMILES string of the molecule is Cc1ccnc(NC(=S)NC(=O)c2ccc3c(c2)OCO3)c1. The van der Waals surface area contributed by atoms with E-state index in [0.717, 1.165) is 5.56 Å². The number of nitrogens with zero attached hydrogens (tertiary/aromatic N) is 1. The van der Waals surface area contributed by atoms with Gasteiger partial charge in [-0.1, -0.05) is 0 Å². The van der Waals surface area contributed by atoms with Crippen LogP contribution in [0.4, 0.5) is 5.82 Å². The van der Waals surface area contributed by atoms with Crippen molar-refractivity contribution in [3.63, 3.8) is 0 Å². The number of ether oxygens (including phenoxy) is 2. The van der Waals surface area contributed by atoms with Gasteiger partial charge in [0.05, 0.1) is 0 Å². The summed E-state index contributed by atoms with van der Waals surface area (Å²) in [6.07, 6.45) is 1.67. The molecule has 3 rings (SSSR count). The van der Waals surface area contributed by atoms with Gasteiger partial charge in [-0.05, 0) is 55.0 Å². The molecule has 0 atom stereocenters. The van der Waals surface area contributed by atoms with Gasteiger partial charge in [-0.25, -0.2) is 4.98 Å². The Morgan fingerprint density at radius 2 is 2.05 bits per heavy atom. The second-order valence-electron chi connectivity index (χ2n) is 4.69. The third kappa shape index (κ3) is 3.15. The molecule has 0 saturated heterocycles. The normalized spacial score (nSPS) is 11.9. The number of benzene rings is 1. The first-order valence-corrected chi connectivity index (χ1v) is 6.97. The van der Waals surface area contributed by atoms with Crippen molar-refractivity contribution in [2.45, 2.75) is 6.92 Å². The van der Waals surface area contributed by atoms with E-state index in [0.29, 0.717) is 22.9 Å². The van der Waals surface area contributed by atoms with Crippen LogP contribution >= 0.6 is 12.2 Å². The summed E-state index contributed by atoms with van der Waals surface area (Å²) >= 11 is 5.12. The minimum absolute atomic E-state index is 0.166. The Bertz CT molecular complexity index is 749. The molecule has 1 aliphatic heterocycles. The van der Waals surface area contributed by atoms with Gasteiger partial charge in [0.2, 0.25) is 6.79 Å². The highest BCUT2D eigenvalue weighted by molar-refractivity contribution is 7.80. The molecule has 6 nitrogen and oxygen atoms in total. The first kappa shape index (κ1) is 14.3. The molecular formula is C15H13N3O3S. The van der Waals surface area contributed by atoms with Crippen molar-refractivity contribution in [2.75, 3.05) is 12.1 Å². The maximum Gasteiger partial charge on any atom is 0.257 e. The molecule has 0 spiro atoms. The Balaban J connectivity index is 1.65. The second-order valence-corrected chi connectivity index (χ2v) is 5.10. The van der Waals surface area contributed by atoms with Gasteiger partial charge in [-0.15, -0.1) is 0 Å². The van der Waals surface area contributed by atoms with Crippen LogP contribution in [0.1, 0.15) is 15.9 Å². The number of amides is 1. The molecule has 112 valence electrons. The van der Waals surface area contributed by atoms with Crippen LogP contribution in [0.5, 0.6) is 11.5 Å². The van der Waals surface area contributed by atoms with Gasteiger partial charge >= 0.3 is 0 Å². The average Bonchev–Trinajstić information content (AvgIpc) is 2.94. The molecule has 1 aliphatic rings. The van der Waals surface area contributed by atoms with E-state index >= 15 is 0 Å². The fourth-order valence-corrected chi connectivity index (χ4v) is 2.16. The lowest BCUT2D eigenvalue weighted by atomic mass is 10.2. The first-order valence-electron chi connectivity index (χ1n) is 6.56. The molecule has 2 heterocycles. The van der Waals surface area contributed by atoms with Crippen molar-refractivity contribution in [3.05, 3.63) is 47.7 Å². The van der Waals surface area contributed by atoms with E-state index in [-0.39, 0.29) is 17.8 Å². The highest BCUT2D eigenvalue weighted by Crippen LogP contribution is 2.32. The molecule has 7 heteroatoms. The van der Waals surface area contributed by atoms with Crippen molar-refractivity contribution < 1.29 is 14.3 Å². The van der Waals surface area contributed by atoms with Gasteiger partial charge < -0.3 is 14.8 Å². The van der Waals surface area contributed by atoms with Gasteiger partial charge in [0, 0.05) is 11.8 Å². The molecule has 1 amide bonds. The molecule has 0 saturated carbocycles. The van der Waals surface area contributed by atoms with Gasteiger partial charge in [0.15, 0.2) is 16.6 Å². The fourth-order valence-electron chi connectivity index (χ4n) is 1.97. The lowest BCUT2D eigenvalue weighted by molar-refractivity contribution is 0.0977. The molecule has 2 N–H and O–H groups in total. The number of thiocarbonyl (C=S) groups is 1. The number of carbonyl (C=O) groups excluding carboxylic acids is 1. The van der Waals surface area contributed by atoms with Crippen molar-refractivity contribution in [1.29, 1.82) is 0 Å². The number of anilines is 1. The largest absolute Gasteiger partial charge is 0.454 e. The van der Waals surface area contributed by atoms with Crippen molar-refractivity contribution in [2.24, 2.45) is 0 Å². The van der Waals surface area contributed by atoms with E-state index in [1.807, 2.05) is 19.1 Å². The van der Waals surface area contributed by atoms with Crippen LogP contribution in [0.2, 0.25) is 0 Å². The number of rotatable bonds is 2. The highest BCUT2D eigenvalue weighted by atomic mass is 32.1. The zero-order valence-electron chi connectivity index (χ0n) is 11.8. The lowest BCUT2D eigenvalue weighted by Gasteiger charge is -2.09. The number of hydrogen-bond acceptors (Lipinski definition) is 5. The Kier molecular flexibility index (Phi) is 3.88. The van der Waals surface area contributed by atoms with E-state index in [1.165, 1.54) is 0 Å². The number of pyridine rings is 1. The summed E-state index contributed by atoms with van der Waals surface area (Å²) < 4.78 is 10.4. The molecular weight excluding hydrogens is 302 g/mol. The van der Waals surface area contributed by atoms with E-state index in [1.54, 1.807) is 24.4 Å². The molecule has 0 radical (unpaired) electrons. The second kappa shape index (κ2) is 5.98. The van der Waals surface area contributed by atoms with Gasteiger partial charge in [-0.3, -0.25) is 10.1 Å². The van der Waals surface area contributed by atoms with Gasteiger partial charge in [-0.2, -0.15) is 0 Å². The molecule has 22 heavy (non-hydrogen) atoms. The Morgan fingerprint density at radius 1 is 1.23 bits per heavy atom. The first-order chi connectivity index (χ1) is 10.6. The summed E-state index contributed by atoms with van der Waals surface area (Å²) in [5, 5.41) is 5.65. The summed E-state index contributed by atoms with van der Waals surface area (Å²) in [5.74, 6) is 1.42. The monoisotopic (exact) mass is 315 g/mol. The highest BCUT2D eigenvalue weighted by Gasteiger charge is 2.16. The van der Waals surface area contributed by atoms with Crippen LogP contribution < -0.4 is 20.1 Å².